The van der Waals surface area contributed by atoms with Gasteiger partial charge in [-0.2, -0.15) is 0 Å². The quantitative estimate of drug-likeness (QED) is 0.398. The van der Waals surface area contributed by atoms with Gasteiger partial charge >= 0.3 is 7.62 Å². The van der Waals surface area contributed by atoms with E-state index in [-0.39, 0.29) is 19.1 Å². The molecule has 0 aromatic heterocycles. The number of hydrogen-bond donors (Lipinski definition) is 1. The standard InChI is InChI=1S/C24H21BFNO3/c1-13-24(2,3)17-9-15-21(11-19(17)27(13)25-29)30-22-12-20(28)18(26)10-16(22)23(15)14-7-5-4-6-8-14/h4-13,25,29H,1-3H3. The van der Waals surface area contributed by atoms with Crippen LogP contribution in [0.5, 0.6) is 0 Å². The van der Waals surface area contributed by atoms with E-state index in [9.17, 15) is 14.2 Å². The fraction of sp³-hybridized carbons (Fsp3) is 0.208. The first-order chi connectivity index (χ1) is 14.3. The first-order valence-electron chi connectivity index (χ1n) is 10.0. The van der Waals surface area contributed by atoms with E-state index in [1.165, 1.54) is 12.1 Å². The normalized spacial score (nSPS) is 17.5. The number of nitrogens with zero attached hydrogens (tertiary/aromatic N) is 1. The summed E-state index contributed by atoms with van der Waals surface area (Å²) in [5.74, 6) is -0.454. The van der Waals surface area contributed by atoms with Crippen LogP contribution in [-0.2, 0) is 5.41 Å². The number of hydrogen-bond acceptors (Lipinski definition) is 4. The van der Waals surface area contributed by atoms with Crippen LogP contribution in [0.3, 0.4) is 0 Å². The number of rotatable bonds is 2. The van der Waals surface area contributed by atoms with Crippen molar-refractivity contribution in [3.63, 3.8) is 0 Å². The average Bonchev–Trinajstić information content (AvgIpc) is 2.91. The molecule has 2 aromatic carbocycles. The molecule has 0 amide bonds. The van der Waals surface area contributed by atoms with Crippen molar-refractivity contribution in [3.8, 4) is 22.5 Å². The van der Waals surface area contributed by atoms with Gasteiger partial charge in [-0.1, -0.05) is 44.2 Å². The Morgan fingerprint density at radius 1 is 1.13 bits per heavy atom. The van der Waals surface area contributed by atoms with E-state index < -0.39 is 11.2 Å². The zero-order chi connectivity index (χ0) is 21.2. The molecule has 30 heavy (non-hydrogen) atoms. The van der Waals surface area contributed by atoms with Gasteiger partial charge in [-0.05, 0) is 30.2 Å². The van der Waals surface area contributed by atoms with Crippen molar-refractivity contribution in [2.24, 2.45) is 0 Å². The summed E-state index contributed by atoms with van der Waals surface area (Å²) < 4.78 is 20.3. The van der Waals surface area contributed by atoms with Crippen LogP contribution in [0.25, 0.3) is 33.4 Å². The highest BCUT2D eigenvalue weighted by atomic mass is 19.1. The Balaban J connectivity index is 1.95. The highest BCUT2D eigenvalue weighted by Crippen LogP contribution is 2.49. The first-order valence-corrected chi connectivity index (χ1v) is 10.0. The van der Waals surface area contributed by atoms with Crippen molar-refractivity contribution in [1.82, 2.24) is 0 Å². The molecule has 150 valence electrons. The predicted octanol–water partition coefficient (Wildman–Crippen LogP) is 4.45. The van der Waals surface area contributed by atoms with Crippen molar-refractivity contribution in [2.45, 2.75) is 32.2 Å². The van der Waals surface area contributed by atoms with Gasteiger partial charge in [0.15, 0.2) is 5.82 Å². The van der Waals surface area contributed by atoms with E-state index in [1.807, 2.05) is 41.2 Å². The topological polar surface area (TPSA) is 53.7 Å². The number of fused-ring (bicyclic) bond motifs is 3. The van der Waals surface area contributed by atoms with Crippen LogP contribution in [0, 0.1) is 5.82 Å². The van der Waals surface area contributed by atoms with Gasteiger partial charge in [0.25, 0.3) is 0 Å². The summed E-state index contributed by atoms with van der Waals surface area (Å²) in [6, 6.07) is 16.3. The second kappa shape index (κ2) is 6.44. The molecule has 5 rings (SSSR count). The molecule has 2 aliphatic heterocycles. The van der Waals surface area contributed by atoms with Crippen molar-refractivity contribution in [1.29, 1.82) is 0 Å². The van der Waals surface area contributed by atoms with Crippen LogP contribution < -0.4 is 10.2 Å². The van der Waals surface area contributed by atoms with E-state index in [1.54, 1.807) is 0 Å². The van der Waals surface area contributed by atoms with E-state index in [0.717, 1.165) is 27.8 Å². The van der Waals surface area contributed by atoms with Crippen LogP contribution in [0.2, 0.25) is 0 Å². The van der Waals surface area contributed by atoms with Gasteiger partial charge in [0.1, 0.15) is 11.3 Å². The maximum atomic E-state index is 14.2. The molecule has 0 saturated carbocycles. The zero-order valence-electron chi connectivity index (χ0n) is 17.1. The zero-order valence-corrected chi connectivity index (χ0v) is 17.1. The molecule has 4 nitrogen and oxygen atoms in total. The van der Waals surface area contributed by atoms with Gasteiger partial charge in [0.05, 0.1) is 0 Å². The van der Waals surface area contributed by atoms with Gasteiger partial charge in [-0.3, -0.25) is 4.79 Å². The SMILES string of the molecule is CC1N(BO)c2cc3oc4cc(=O)c(F)cc-4c(-c4ccccc4)c3cc2C1(C)C. The van der Waals surface area contributed by atoms with Crippen LogP contribution in [0.4, 0.5) is 10.1 Å². The molecule has 1 unspecified atom stereocenters. The molecule has 1 aliphatic carbocycles. The first kappa shape index (κ1) is 18.9. The summed E-state index contributed by atoms with van der Waals surface area (Å²) in [5.41, 5.74) is 4.03. The molecule has 3 aliphatic rings. The highest BCUT2D eigenvalue weighted by molar-refractivity contribution is 6.33. The van der Waals surface area contributed by atoms with Crippen molar-refractivity contribution in [2.75, 3.05) is 4.81 Å². The lowest BCUT2D eigenvalue weighted by Gasteiger charge is -2.29. The van der Waals surface area contributed by atoms with Gasteiger partial charge in [-0.25, -0.2) is 4.39 Å². The van der Waals surface area contributed by atoms with E-state index in [2.05, 4.69) is 26.8 Å². The third-order valence-corrected chi connectivity index (χ3v) is 6.62. The third kappa shape index (κ3) is 2.53. The van der Waals surface area contributed by atoms with Crippen LogP contribution in [0.1, 0.15) is 26.3 Å². The van der Waals surface area contributed by atoms with Gasteiger partial charge in [0, 0.05) is 45.8 Å². The molecule has 1 atom stereocenters. The Bertz CT molecular complexity index is 1320. The molecule has 6 heteroatoms. The lowest BCUT2D eigenvalue weighted by molar-refractivity contribution is 0.457. The minimum absolute atomic E-state index is 0.0922. The summed E-state index contributed by atoms with van der Waals surface area (Å²) in [4.78, 5) is 13.9. The molecular weight excluding hydrogens is 380 g/mol. The third-order valence-electron chi connectivity index (χ3n) is 6.62. The van der Waals surface area contributed by atoms with E-state index in [0.29, 0.717) is 16.9 Å². The van der Waals surface area contributed by atoms with E-state index in [4.69, 9.17) is 4.42 Å². The second-order valence-corrected chi connectivity index (χ2v) is 8.50. The van der Waals surface area contributed by atoms with Crippen molar-refractivity contribution >= 4 is 24.3 Å². The Hall–Kier alpha value is -3.12. The molecule has 2 heterocycles. The second-order valence-electron chi connectivity index (χ2n) is 8.50. The Morgan fingerprint density at radius 3 is 2.57 bits per heavy atom. The van der Waals surface area contributed by atoms with Gasteiger partial charge in [0.2, 0.25) is 5.43 Å². The largest absolute Gasteiger partial charge is 0.456 e. The maximum absolute atomic E-state index is 14.2. The molecule has 0 saturated heterocycles. The highest BCUT2D eigenvalue weighted by Gasteiger charge is 2.42. The summed E-state index contributed by atoms with van der Waals surface area (Å²) in [6.07, 6.45) is 0. The van der Waals surface area contributed by atoms with Crippen molar-refractivity contribution in [3.05, 3.63) is 76.2 Å². The Kier molecular flexibility index (Phi) is 4.05. The van der Waals surface area contributed by atoms with Crippen LogP contribution in [0.15, 0.2) is 63.8 Å². The molecule has 0 spiro atoms. The molecule has 0 fully saturated rings. The minimum atomic E-state index is -0.796. The molecular formula is C24H21BFNO3. The molecule has 0 radical (unpaired) electrons. The lowest BCUT2D eigenvalue weighted by Crippen LogP contribution is -2.41. The Labute approximate surface area is 174 Å². The maximum Gasteiger partial charge on any atom is 0.394 e. The van der Waals surface area contributed by atoms with Gasteiger partial charge in [-0.15, -0.1) is 0 Å². The fourth-order valence-electron chi connectivity index (χ4n) is 4.62. The molecule has 1 N–H and O–H groups in total. The smallest absolute Gasteiger partial charge is 0.394 e. The molecule has 2 aromatic rings. The predicted molar refractivity (Wildman–Crippen MR) is 119 cm³/mol. The summed E-state index contributed by atoms with van der Waals surface area (Å²) in [6.45, 7) is 6.40. The summed E-state index contributed by atoms with van der Waals surface area (Å²) in [7, 11) is -0.0991. The van der Waals surface area contributed by atoms with Gasteiger partial charge < -0.3 is 14.3 Å². The van der Waals surface area contributed by atoms with E-state index >= 15 is 0 Å². The number of anilines is 1. The summed E-state index contributed by atoms with van der Waals surface area (Å²) in [5, 5.41) is 10.8. The summed E-state index contributed by atoms with van der Waals surface area (Å²) >= 11 is 0. The average molecular weight is 401 g/mol. The Morgan fingerprint density at radius 2 is 1.87 bits per heavy atom. The number of halogens is 1. The minimum Gasteiger partial charge on any atom is -0.456 e. The molecule has 0 bridgehead atoms. The van der Waals surface area contributed by atoms with Crippen LogP contribution >= 0.6 is 0 Å². The van der Waals surface area contributed by atoms with Crippen LogP contribution in [-0.4, -0.2) is 18.7 Å². The fourth-order valence-corrected chi connectivity index (χ4v) is 4.62. The lowest BCUT2D eigenvalue weighted by atomic mass is 9.80. The monoisotopic (exact) mass is 401 g/mol. The van der Waals surface area contributed by atoms with Crippen molar-refractivity contribution < 1.29 is 13.8 Å². The number of benzene rings is 3.